The standard InChI is InChI=1S/C8H8.C3H4O2.C3H6/c1-2-8-6-4-3-5-7-8;1-2-3(4)5;1-3-2/h2-7H,1H2;2H,1H2,(H,4,5);3H,1H2,2H3. The number of carboxylic acids is 1. The topological polar surface area (TPSA) is 37.3 Å². The molecule has 1 N–H and O–H groups in total. The Balaban J connectivity index is 0. The monoisotopic (exact) mass is 218 g/mol. The highest BCUT2D eigenvalue weighted by Gasteiger charge is 1.75. The molecule has 0 aliphatic carbocycles. The summed E-state index contributed by atoms with van der Waals surface area (Å²) in [6, 6.07) is 10.0. The number of rotatable bonds is 2. The maximum atomic E-state index is 9.25. The molecule has 0 saturated heterocycles. The van der Waals surface area contributed by atoms with Gasteiger partial charge in [-0.3, -0.25) is 0 Å². The third-order valence-electron chi connectivity index (χ3n) is 1.21. The van der Waals surface area contributed by atoms with Gasteiger partial charge in [-0.15, -0.1) is 6.58 Å². The summed E-state index contributed by atoms with van der Waals surface area (Å²) in [5.41, 5.74) is 1.17. The van der Waals surface area contributed by atoms with Crippen molar-refractivity contribution in [3.05, 3.63) is 67.8 Å². The van der Waals surface area contributed by atoms with E-state index in [0.29, 0.717) is 0 Å². The minimum Gasteiger partial charge on any atom is -0.478 e. The van der Waals surface area contributed by atoms with Gasteiger partial charge in [0.25, 0.3) is 0 Å². The predicted octanol–water partition coefficient (Wildman–Crippen LogP) is 3.78. The van der Waals surface area contributed by atoms with Crippen molar-refractivity contribution in [2.75, 3.05) is 0 Å². The Morgan fingerprint density at radius 3 is 1.75 bits per heavy atom. The van der Waals surface area contributed by atoms with E-state index in [-0.39, 0.29) is 0 Å². The smallest absolute Gasteiger partial charge is 0.327 e. The zero-order valence-corrected chi connectivity index (χ0v) is 9.60. The van der Waals surface area contributed by atoms with E-state index in [1.807, 2.05) is 43.3 Å². The lowest BCUT2D eigenvalue weighted by atomic mass is 10.2. The third kappa shape index (κ3) is 14.4. The van der Waals surface area contributed by atoms with Crippen molar-refractivity contribution in [3.8, 4) is 0 Å². The molecule has 2 heteroatoms. The zero-order chi connectivity index (χ0) is 12.8. The highest BCUT2D eigenvalue weighted by molar-refractivity contribution is 5.78. The Morgan fingerprint density at radius 2 is 1.56 bits per heavy atom. The van der Waals surface area contributed by atoms with E-state index in [1.54, 1.807) is 6.08 Å². The normalized spacial score (nSPS) is 7.06. The quantitative estimate of drug-likeness (QED) is 0.606. The van der Waals surface area contributed by atoms with E-state index in [0.717, 1.165) is 6.08 Å². The molecule has 0 radical (unpaired) electrons. The molecule has 0 spiro atoms. The molecular weight excluding hydrogens is 200 g/mol. The molecule has 1 rings (SSSR count). The number of aliphatic carboxylic acids is 1. The molecule has 0 amide bonds. The van der Waals surface area contributed by atoms with E-state index in [4.69, 9.17) is 5.11 Å². The number of allylic oxidation sites excluding steroid dienone is 1. The van der Waals surface area contributed by atoms with Crippen LogP contribution in [0.15, 0.2) is 62.2 Å². The first-order valence-corrected chi connectivity index (χ1v) is 4.72. The van der Waals surface area contributed by atoms with Crippen LogP contribution in [0.25, 0.3) is 6.08 Å². The van der Waals surface area contributed by atoms with Gasteiger partial charge in [0.05, 0.1) is 0 Å². The third-order valence-corrected chi connectivity index (χ3v) is 1.21. The molecule has 1 aromatic rings. The number of carboxylic acid groups (broad SMARTS) is 1. The predicted molar refractivity (Wildman–Crippen MR) is 70.2 cm³/mol. The van der Waals surface area contributed by atoms with Gasteiger partial charge in [-0.1, -0.05) is 55.6 Å². The average Bonchev–Trinajstić information content (AvgIpc) is 2.32. The van der Waals surface area contributed by atoms with Gasteiger partial charge in [0.15, 0.2) is 0 Å². The number of carbonyl (C=O) groups is 1. The molecule has 0 atom stereocenters. The van der Waals surface area contributed by atoms with Crippen LogP contribution in [0.2, 0.25) is 0 Å². The van der Waals surface area contributed by atoms with Gasteiger partial charge in [0.1, 0.15) is 0 Å². The molecule has 0 unspecified atom stereocenters. The van der Waals surface area contributed by atoms with Crippen molar-refractivity contribution in [2.45, 2.75) is 6.92 Å². The van der Waals surface area contributed by atoms with Crippen molar-refractivity contribution >= 4 is 12.0 Å². The van der Waals surface area contributed by atoms with E-state index in [1.165, 1.54) is 5.56 Å². The lowest BCUT2D eigenvalue weighted by molar-refractivity contribution is -0.131. The van der Waals surface area contributed by atoms with Crippen LogP contribution in [-0.2, 0) is 4.79 Å². The van der Waals surface area contributed by atoms with Crippen molar-refractivity contribution in [3.63, 3.8) is 0 Å². The van der Waals surface area contributed by atoms with Gasteiger partial charge in [0.2, 0.25) is 0 Å². The lowest BCUT2D eigenvalue weighted by Gasteiger charge is -1.85. The van der Waals surface area contributed by atoms with Crippen LogP contribution in [0.4, 0.5) is 0 Å². The minimum absolute atomic E-state index is 0.833. The Bertz CT molecular complexity index is 313. The van der Waals surface area contributed by atoms with Crippen LogP contribution in [0.1, 0.15) is 12.5 Å². The summed E-state index contributed by atoms with van der Waals surface area (Å²) < 4.78 is 0. The first kappa shape index (κ1) is 16.3. The highest BCUT2D eigenvalue weighted by Crippen LogP contribution is 1.97. The van der Waals surface area contributed by atoms with E-state index >= 15 is 0 Å². The summed E-state index contributed by atoms with van der Waals surface area (Å²) >= 11 is 0. The van der Waals surface area contributed by atoms with E-state index < -0.39 is 5.97 Å². The van der Waals surface area contributed by atoms with E-state index in [9.17, 15) is 4.79 Å². The fraction of sp³-hybridized carbons (Fsp3) is 0.0714. The van der Waals surface area contributed by atoms with Crippen molar-refractivity contribution in [1.82, 2.24) is 0 Å². The number of hydrogen-bond acceptors (Lipinski definition) is 1. The SMILES string of the molecule is C=CC.C=CC(=O)O.C=Cc1ccccc1. The zero-order valence-electron chi connectivity index (χ0n) is 9.60. The number of hydrogen-bond donors (Lipinski definition) is 1. The fourth-order valence-corrected chi connectivity index (χ4v) is 0.589. The Hall–Kier alpha value is -2.09. The van der Waals surface area contributed by atoms with E-state index in [2.05, 4.69) is 19.7 Å². The van der Waals surface area contributed by atoms with Crippen LogP contribution in [0, 0.1) is 0 Å². The molecular formula is C14H18O2. The Morgan fingerprint density at radius 1 is 1.19 bits per heavy atom. The molecule has 0 aromatic heterocycles. The largest absolute Gasteiger partial charge is 0.478 e. The van der Waals surface area contributed by atoms with Crippen LogP contribution in [-0.4, -0.2) is 11.1 Å². The summed E-state index contributed by atoms with van der Waals surface area (Å²) in [5, 5.41) is 7.60. The molecule has 16 heavy (non-hydrogen) atoms. The molecule has 0 bridgehead atoms. The van der Waals surface area contributed by atoms with Crippen molar-refractivity contribution in [1.29, 1.82) is 0 Å². The minimum atomic E-state index is -0.981. The second kappa shape index (κ2) is 12.9. The summed E-state index contributed by atoms with van der Waals surface area (Å²) in [4.78, 5) is 9.25. The summed E-state index contributed by atoms with van der Waals surface area (Å²) in [5.74, 6) is -0.981. The maximum Gasteiger partial charge on any atom is 0.327 e. The molecule has 0 saturated carbocycles. The summed E-state index contributed by atoms with van der Waals surface area (Å²) in [6.45, 7) is 11.8. The van der Waals surface area contributed by atoms with Gasteiger partial charge in [-0.05, 0) is 12.5 Å². The molecule has 0 fully saturated rings. The molecule has 0 aliphatic heterocycles. The number of benzene rings is 1. The Kier molecular flexibility index (Phi) is 13.2. The maximum absolute atomic E-state index is 9.25. The molecule has 0 aliphatic rings. The summed E-state index contributed by atoms with van der Waals surface area (Å²) in [7, 11) is 0. The second-order valence-electron chi connectivity index (χ2n) is 2.57. The lowest BCUT2D eigenvalue weighted by Crippen LogP contribution is -1.82. The first-order valence-electron chi connectivity index (χ1n) is 4.72. The molecule has 2 nitrogen and oxygen atoms in total. The molecule has 1 aromatic carbocycles. The fourth-order valence-electron chi connectivity index (χ4n) is 0.589. The molecule has 0 heterocycles. The Labute approximate surface area is 97.2 Å². The van der Waals surface area contributed by atoms with Gasteiger partial charge < -0.3 is 5.11 Å². The van der Waals surface area contributed by atoms with Gasteiger partial charge >= 0.3 is 5.97 Å². The van der Waals surface area contributed by atoms with Crippen molar-refractivity contribution < 1.29 is 9.90 Å². The first-order chi connectivity index (χ1) is 7.62. The molecule has 86 valence electrons. The van der Waals surface area contributed by atoms with Gasteiger partial charge in [-0.25, -0.2) is 4.79 Å². The van der Waals surface area contributed by atoms with Crippen LogP contribution >= 0.6 is 0 Å². The van der Waals surface area contributed by atoms with Crippen LogP contribution < -0.4 is 0 Å². The summed E-state index contributed by atoms with van der Waals surface area (Å²) in [6.07, 6.45) is 4.42. The van der Waals surface area contributed by atoms with Gasteiger partial charge in [-0.2, -0.15) is 0 Å². The average molecular weight is 218 g/mol. The van der Waals surface area contributed by atoms with Crippen LogP contribution in [0.5, 0.6) is 0 Å². The van der Waals surface area contributed by atoms with Crippen LogP contribution in [0.3, 0.4) is 0 Å². The van der Waals surface area contributed by atoms with Gasteiger partial charge in [0, 0.05) is 6.08 Å². The van der Waals surface area contributed by atoms with Crippen molar-refractivity contribution in [2.24, 2.45) is 0 Å². The highest BCUT2D eigenvalue weighted by atomic mass is 16.4. The second-order valence-corrected chi connectivity index (χ2v) is 2.57.